The predicted molar refractivity (Wildman–Crippen MR) is 107 cm³/mol. The summed E-state index contributed by atoms with van der Waals surface area (Å²) in [6.45, 7) is 5.73. The Morgan fingerprint density at radius 3 is 2.56 bits per heavy atom. The molecule has 2 aromatic carbocycles. The van der Waals surface area contributed by atoms with Crippen molar-refractivity contribution in [1.29, 1.82) is 0 Å². The smallest absolute Gasteiger partial charge is 0.337 e. The lowest BCUT2D eigenvalue weighted by atomic mass is 10.1. The zero-order chi connectivity index (χ0) is 19.9. The first-order valence-electron chi connectivity index (χ1n) is 8.81. The Hall–Kier alpha value is -2.38. The van der Waals surface area contributed by atoms with Crippen molar-refractivity contribution in [3.05, 3.63) is 65.2 Å². The molecule has 2 rings (SSSR count). The minimum absolute atomic E-state index is 0.186. The molecule has 0 spiro atoms. The molecule has 0 aliphatic carbocycles. The van der Waals surface area contributed by atoms with E-state index in [-0.39, 0.29) is 5.75 Å². The second-order valence-electron chi connectivity index (χ2n) is 6.26. The van der Waals surface area contributed by atoms with Crippen LogP contribution in [0.4, 0.5) is 5.69 Å². The monoisotopic (exact) mass is 390 g/mol. The highest BCUT2D eigenvalue weighted by molar-refractivity contribution is 7.88. The molecule has 27 heavy (non-hydrogen) atoms. The van der Waals surface area contributed by atoms with Gasteiger partial charge in [0, 0.05) is 25.3 Å². The molecule has 0 atom stereocenters. The first kappa shape index (κ1) is 20.9. The number of sulfonamides is 1. The molecular formula is C20H26N2O4S. The molecule has 6 nitrogen and oxygen atoms in total. The molecule has 7 heteroatoms. The van der Waals surface area contributed by atoms with Crippen LogP contribution in [-0.2, 0) is 20.5 Å². The Balaban J connectivity index is 1.95. The molecule has 0 radical (unpaired) electrons. The van der Waals surface area contributed by atoms with E-state index in [9.17, 15) is 13.2 Å². The van der Waals surface area contributed by atoms with Crippen molar-refractivity contribution in [2.45, 2.75) is 19.6 Å². The largest absolute Gasteiger partial charge is 0.465 e. The van der Waals surface area contributed by atoms with Crippen LogP contribution in [0.3, 0.4) is 0 Å². The number of ether oxygens (including phenoxy) is 1. The van der Waals surface area contributed by atoms with E-state index in [2.05, 4.69) is 20.4 Å². The van der Waals surface area contributed by atoms with Crippen molar-refractivity contribution in [3.8, 4) is 0 Å². The second kappa shape index (κ2) is 9.53. The highest BCUT2D eigenvalue weighted by Gasteiger charge is 2.14. The van der Waals surface area contributed by atoms with Gasteiger partial charge in [0.2, 0.25) is 10.0 Å². The Labute approximate surface area is 161 Å². The van der Waals surface area contributed by atoms with Crippen molar-refractivity contribution in [2.24, 2.45) is 0 Å². The number of carbonyl (C=O) groups is 1. The lowest BCUT2D eigenvalue weighted by Crippen LogP contribution is -2.35. The number of methoxy groups -OCH3 is 1. The van der Waals surface area contributed by atoms with Crippen molar-refractivity contribution in [3.63, 3.8) is 0 Å². The molecule has 2 aromatic rings. The fraction of sp³-hybridized carbons (Fsp3) is 0.350. The zero-order valence-electron chi connectivity index (χ0n) is 15.9. The molecular weight excluding hydrogens is 364 g/mol. The summed E-state index contributed by atoms with van der Waals surface area (Å²) in [4.78, 5) is 13.7. The number of nitrogens with one attached hydrogen (secondary N) is 1. The molecule has 0 unspecified atom stereocenters. The van der Waals surface area contributed by atoms with Gasteiger partial charge in [0.15, 0.2) is 0 Å². The van der Waals surface area contributed by atoms with E-state index in [1.807, 2.05) is 32.0 Å². The lowest BCUT2D eigenvalue weighted by molar-refractivity contribution is 0.0600. The molecule has 0 aliphatic heterocycles. The normalized spacial score (nSPS) is 11.2. The number of rotatable bonds is 9. The highest BCUT2D eigenvalue weighted by Crippen LogP contribution is 2.15. The van der Waals surface area contributed by atoms with Gasteiger partial charge >= 0.3 is 5.97 Å². The molecule has 0 amide bonds. The maximum absolute atomic E-state index is 12.4. The maximum Gasteiger partial charge on any atom is 0.337 e. The second-order valence-corrected chi connectivity index (χ2v) is 8.07. The molecule has 0 aliphatic rings. The van der Waals surface area contributed by atoms with E-state index in [1.54, 1.807) is 18.2 Å². The van der Waals surface area contributed by atoms with Crippen molar-refractivity contribution < 1.29 is 17.9 Å². The van der Waals surface area contributed by atoms with E-state index in [0.717, 1.165) is 17.8 Å². The summed E-state index contributed by atoms with van der Waals surface area (Å²) in [5.74, 6) is -0.673. The van der Waals surface area contributed by atoms with Crippen LogP contribution in [0.2, 0.25) is 0 Å². The van der Waals surface area contributed by atoms with Crippen LogP contribution < -0.4 is 9.62 Å². The Morgan fingerprint density at radius 1 is 1.15 bits per heavy atom. The van der Waals surface area contributed by atoms with E-state index in [1.165, 1.54) is 13.2 Å². The third-order valence-corrected chi connectivity index (χ3v) is 5.51. The Kier molecular flexibility index (Phi) is 7.38. The van der Waals surface area contributed by atoms with Crippen LogP contribution >= 0.6 is 0 Å². The SMILES string of the molecule is CCN(CCNS(=O)(=O)Cc1cccc(C(=O)OC)c1)c1cccc(C)c1. The quantitative estimate of drug-likeness (QED) is 0.667. The third-order valence-electron chi connectivity index (χ3n) is 4.16. The van der Waals surface area contributed by atoms with Gasteiger partial charge < -0.3 is 9.64 Å². The van der Waals surface area contributed by atoms with Gasteiger partial charge in [0.05, 0.1) is 18.4 Å². The first-order chi connectivity index (χ1) is 12.8. The van der Waals surface area contributed by atoms with Gasteiger partial charge in [0.1, 0.15) is 0 Å². The first-order valence-corrected chi connectivity index (χ1v) is 10.5. The van der Waals surface area contributed by atoms with E-state index < -0.39 is 16.0 Å². The summed E-state index contributed by atoms with van der Waals surface area (Å²) in [7, 11) is -2.21. The standard InChI is InChI=1S/C20H26N2O4S/c1-4-22(19-10-5-7-16(2)13-19)12-11-21-27(24,25)15-17-8-6-9-18(14-17)20(23)26-3/h5-10,13-14,21H,4,11-12,15H2,1-3H3. The minimum atomic E-state index is -3.51. The number of anilines is 1. The fourth-order valence-electron chi connectivity index (χ4n) is 2.81. The van der Waals surface area contributed by atoms with Gasteiger partial charge in [-0.3, -0.25) is 0 Å². The molecule has 0 heterocycles. The van der Waals surface area contributed by atoms with Gasteiger partial charge in [0.25, 0.3) is 0 Å². The molecule has 146 valence electrons. The number of hydrogen-bond acceptors (Lipinski definition) is 5. The number of benzene rings is 2. The molecule has 0 bridgehead atoms. The number of esters is 1. The van der Waals surface area contributed by atoms with Crippen LogP contribution in [0.15, 0.2) is 48.5 Å². The van der Waals surface area contributed by atoms with E-state index in [4.69, 9.17) is 0 Å². The maximum atomic E-state index is 12.4. The minimum Gasteiger partial charge on any atom is -0.465 e. The topological polar surface area (TPSA) is 75.7 Å². The highest BCUT2D eigenvalue weighted by atomic mass is 32.2. The summed E-state index contributed by atoms with van der Waals surface area (Å²) in [6.07, 6.45) is 0. The predicted octanol–water partition coefficient (Wildman–Crippen LogP) is 2.73. The van der Waals surface area contributed by atoms with Crippen LogP contribution in [0.5, 0.6) is 0 Å². The summed E-state index contributed by atoms with van der Waals surface area (Å²) in [6, 6.07) is 14.6. The number of likely N-dealkylation sites (N-methyl/N-ethyl adjacent to an activating group) is 1. The Bertz CT molecular complexity index is 881. The third kappa shape index (κ3) is 6.37. The van der Waals surface area contributed by atoms with Crippen LogP contribution in [-0.4, -0.2) is 41.1 Å². The number of aryl methyl sites for hydroxylation is 1. The Morgan fingerprint density at radius 2 is 1.89 bits per heavy atom. The van der Waals surface area contributed by atoms with E-state index >= 15 is 0 Å². The lowest BCUT2D eigenvalue weighted by Gasteiger charge is -2.23. The number of hydrogen-bond donors (Lipinski definition) is 1. The van der Waals surface area contributed by atoms with Gasteiger partial charge in [-0.2, -0.15) is 0 Å². The van der Waals surface area contributed by atoms with Crippen LogP contribution in [0.25, 0.3) is 0 Å². The van der Waals surface area contributed by atoms with Crippen molar-refractivity contribution >= 4 is 21.7 Å². The summed E-state index contributed by atoms with van der Waals surface area (Å²) in [5.41, 5.74) is 3.11. The molecule has 0 saturated heterocycles. The van der Waals surface area contributed by atoms with Gasteiger partial charge in [-0.15, -0.1) is 0 Å². The summed E-state index contributed by atoms with van der Waals surface area (Å²) in [5, 5.41) is 0. The number of carbonyl (C=O) groups excluding carboxylic acids is 1. The molecule has 0 aromatic heterocycles. The van der Waals surface area contributed by atoms with Gasteiger partial charge in [-0.1, -0.05) is 24.3 Å². The number of nitrogens with zero attached hydrogens (tertiary/aromatic N) is 1. The average molecular weight is 391 g/mol. The average Bonchev–Trinajstić information content (AvgIpc) is 2.64. The zero-order valence-corrected chi connectivity index (χ0v) is 16.8. The summed E-state index contributed by atoms with van der Waals surface area (Å²) < 4.78 is 32.0. The van der Waals surface area contributed by atoms with Crippen LogP contribution in [0.1, 0.15) is 28.4 Å². The van der Waals surface area contributed by atoms with Gasteiger partial charge in [-0.05, 0) is 49.2 Å². The van der Waals surface area contributed by atoms with Crippen molar-refractivity contribution in [1.82, 2.24) is 4.72 Å². The van der Waals surface area contributed by atoms with Gasteiger partial charge in [-0.25, -0.2) is 17.9 Å². The molecule has 0 fully saturated rings. The van der Waals surface area contributed by atoms with E-state index in [0.29, 0.717) is 24.2 Å². The van der Waals surface area contributed by atoms with Crippen LogP contribution in [0, 0.1) is 6.92 Å². The molecule has 1 N–H and O–H groups in total. The summed E-state index contributed by atoms with van der Waals surface area (Å²) >= 11 is 0. The molecule has 0 saturated carbocycles. The van der Waals surface area contributed by atoms with Crippen molar-refractivity contribution in [2.75, 3.05) is 31.6 Å². The fourth-order valence-corrected chi connectivity index (χ4v) is 3.93.